The van der Waals surface area contributed by atoms with Gasteiger partial charge in [-0.05, 0) is 31.2 Å². The number of benzene rings is 1. The summed E-state index contributed by atoms with van der Waals surface area (Å²) in [5, 5.41) is 3.42. The first-order chi connectivity index (χ1) is 14.1. The number of hydrogen-bond donors (Lipinski definition) is 1. The van der Waals surface area contributed by atoms with Crippen molar-refractivity contribution in [2.24, 2.45) is 0 Å². The molecule has 3 heterocycles. The molecule has 1 aromatic carbocycles. The minimum absolute atomic E-state index is 0.767. The highest BCUT2D eigenvalue weighted by atomic mass is 16.3. The molecule has 7 heteroatoms. The lowest BCUT2D eigenvalue weighted by Gasteiger charge is -2.34. The molecule has 2 aromatic heterocycles. The Kier molecular flexibility index (Phi) is 5.67. The molecule has 0 bridgehead atoms. The Labute approximate surface area is 172 Å². The van der Waals surface area contributed by atoms with Crippen molar-refractivity contribution in [1.82, 2.24) is 14.9 Å². The zero-order valence-corrected chi connectivity index (χ0v) is 17.3. The van der Waals surface area contributed by atoms with E-state index in [4.69, 9.17) is 14.4 Å². The first-order valence-electron chi connectivity index (χ1n) is 9.96. The summed E-state index contributed by atoms with van der Waals surface area (Å²) in [6.07, 6.45) is 1.73. The van der Waals surface area contributed by atoms with Gasteiger partial charge in [0.15, 0.2) is 0 Å². The van der Waals surface area contributed by atoms with E-state index >= 15 is 0 Å². The van der Waals surface area contributed by atoms with Crippen LogP contribution >= 0.6 is 0 Å². The van der Waals surface area contributed by atoms with Gasteiger partial charge in [-0.25, -0.2) is 0 Å². The fraction of sp³-hybridized carbons (Fsp3) is 0.364. The molecular formula is C22H28N6O. The summed E-state index contributed by atoms with van der Waals surface area (Å²) < 4.78 is 5.48. The van der Waals surface area contributed by atoms with Gasteiger partial charge in [0.1, 0.15) is 17.4 Å². The molecule has 29 heavy (non-hydrogen) atoms. The van der Waals surface area contributed by atoms with Gasteiger partial charge in [0.25, 0.3) is 0 Å². The summed E-state index contributed by atoms with van der Waals surface area (Å²) in [5.41, 5.74) is 2.26. The molecule has 4 rings (SSSR count). The number of furan rings is 1. The number of hydrogen-bond acceptors (Lipinski definition) is 7. The summed E-state index contributed by atoms with van der Waals surface area (Å²) in [6.45, 7) is 6.62. The Morgan fingerprint density at radius 3 is 2.45 bits per heavy atom. The molecule has 1 aliphatic heterocycles. The van der Waals surface area contributed by atoms with Gasteiger partial charge in [0.05, 0.1) is 12.8 Å². The maximum atomic E-state index is 5.48. The van der Waals surface area contributed by atoms with Crippen LogP contribution in [0.2, 0.25) is 0 Å². The number of rotatable bonds is 6. The van der Waals surface area contributed by atoms with Crippen molar-refractivity contribution >= 4 is 23.3 Å². The molecule has 0 radical (unpaired) electrons. The minimum Gasteiger partial charge on any atom is -0.468 e. The van der Waals surface area contributed by atoms with Gasteiger partial charge >= 0.3 is 0 Å². The predicted octanol–water partition coefficient (Wildman–Crippen LogP) is 3.51. The summed E-state index contributed by atoms with van der Waals surface area (Å²) in [4.78, 5) is 16.2. The smallest absolute Gasteiger partial charge is 0.229 e. The monoisotopic (exact) mass is 392 g/mol. The molecular weight excluding hydrogens is 364 g/mol. The van der Waals surface area contributed by atoms with Crippen LogP contribution in [-0.2, 0) is 6.54 Å². The van der Waals surface area contributed by atoms with Gasteiger partial charge in [-0.3, -0.25) is 4.90 Å². The SMILES string of the molecule is Cc1ccc(Nc2cc(N(C)C)nc(N3CCN(Cc4ccco4)CC3)n2)cc1. The van der Waals surface area contributed by atoms with Crippen molar-refractivity contribution in [3.8, 4) is 0 Å². The van der Waals surface area contributed by atoms with Gasteiger partial charge < -0.3 is 19.5 Å². The average molecular weight is 393 g/mol. The van der Waals surface area contributed by atoms with Gasteiger partial charge in [0, 0.05) is 52.0 Å². The third-order valence-corrected chi connectivity index (χ3v) is 5.10. The Morgan fingerprint density at radius 1 is 1.03 bits per heavy atom. The number of anilines is 4. The standard InChI is InChI=1S/C22H28N6O/c1-17-6-8-18(9-7-17)23-20-15-21(26(2)3)25-22(24-20)28-12-10-27(11-13-28)16-19-5-4-14-29-19/h4-9,14-15H,10-13,16H2,1-3H3,(H,23,24,25). The van der Waals surface area contributed by atoms with E-state index in [0.717, 1.165) is 61.8 Å². The maximum Gasteiger partial charge on any atom is 0.229 e. The Balaban J connectivity index is 1.47. The van der Waals surface area contributed by atoms with Crippen LogP contribution in [0.3, 0.4) is 0 Å². The Bertz CT molecular complexity index is 915. The third-order valence-electron chi connectivity index (χ3n) is 5.10. The molecule has 0 amide bonds. The van der Waals surface area contributed by atoms with E-state index in [1.54, 1.807) is 6.26 Å². The van der Waals surface area contributed by atoms with Crippen LogP contribution in [0.4, 0.5) is 23.3 Å². The highest BCUT2D eigenvalue weighted by Crippen LogP contribution is 2.23. The molecule has 3 aromatic rings. The van der Waals surface area contributed by atoms with Crippen LogP contribution < -0.4 is 15.1 Å². The second kappa shape index (κ2) is 8.53. The van der Waals surface area contributed by atoms with Crippen molar-refractivity contribution in [2.75, 3.05) is 55.4 Å². The van der Waals surface area contributed by atoms with E-state index < -0.39 is 0 Å². The molecule has 1 fully saturated rings. The largest absolute Gasteiger partial charge is 0.468 e. The topological polar surface area (TPSA) is 60.7 Å². The molecule has 0 aliphatic carbocycles. The van der Waals surface area contributed by atoms with Crippen molar-refractivity contribution in [3.05, 3.63) is 60.1 Å². The van der Waals surface area contributed by atoms with Crippen LogP contribution in [-0.4, -0.2) is 55.1 Å². The lowest BCUT2D eigenvalue weighted by molar-refractivity contribution is 0.229. The highest BCUT2D eigenvalue weighted by molar-refractivity contribution is 5.62. The normalized spacial score (nSPS) is 14.8. The van der Waals surface area contributed by atoms with E-state index in [0.29, 0.717) is 0 Å². The van der Waals surface area contributed by atoms with Crippen LogP contribution in [0.5, 0.6) is 0 Å². The van der Waals surface area contributed by atoms with Crippen LogP contribution in [0.25, 0.3) is 0 Å². The first kappa shape index (κ1) is 19.3. The summed E-state index contributed by atoms with van der Waals surface area (Å²) in [5.74, 6) is 3.47. The second-order valence-corrected chi connectivity index (χ2v) is 7.64. The van der Waals surface area contributed by atoms with Gasteiger partial charge in [-0.2, -0.15) is 9.97 Å². The predicted molar refractivity (Wildman–Crippen MR) is 117 cm³/mol. The number of piperazine rings is 1. The first-order valence-corrected chi connectivity index (χ1v) is 9.96. The number of aromatic nitrogens is 2. The van der Waals surface area contributed by atoms with E-state index in [-0.39, 0.29) is 0 Å². The van der Waals surface area contributed by atoms with Crippen molar-refractivity contribution in [1.29, 1.82) is 0 Å². The summed E-state index contributed by atoms with van der Waals surface area (Å²) in [6, 6.07) is 14.3. The molecule has 1 aliphatic rings. The molecule has 0 atom stereocenters. The van der Waals surface area contributed by atoms with Crippen molar-refractivity contribution in [3.63, 3.8) is 0 Å². The van der Waals surface area contributed by atoms with Gasteiger partial charge in [0.2, 0.25) is 5.95 Å². The molecule has 152 valence electrons. The highest BCUT2D eigenvalue weighted by Gasteiger charge is 2.21. The van der Waals surface area contributed by atoms with Gasteiger partial charge in [-0.1, -0.05) is 17.7 Å². The summed E-state index contributed by atoms with van der Waals surface area (Å²) in [7, 11) is 4.01. The van der Waals surface area contributed by atoms with Crippen LogP contribution in [0.15, 0.2) is 53.1 Å². The zero-order valence-electron chi connectivity index (χ0n) is 17.3. The van der Waals surface area contributed by atoms with Crippen LogP contribution in [0.1, 0.15) is 11.3 Å². The van der Waals surface area contributed by atoms with E-state index in [1.165, 1.54) is 5.56 Å². The molecule has 1 N–H and O–H groups in total. The van der Waals surface area contributed by atoms with E-state index in [1.807, 2.05) is 37.2 Å². The average Bonchev–Trinajstić information content (AvgIpc) is 3.23. The number of aryl methyl sites for hydroxylation is 1. The lowest BCUT2D eigenvalue weighted by atomic mass is 10.2. The number of nitrogens with one attached hydrogen (secondary N) is 1. The molecule has 0 spiro atoms. The molecule has 0 unspecified atom stereocenters. The fourth-order valence-corrected chi connectivity index (χ4v) is 3.37. The second-order valence-electron chi connectivity index (χ2n) is 7.64. The summed E-state index contributed by atoms with van der Waals surface area (Å²) >= 11 is 0. The molecule has 7 nitrogen and oxygen atoms in total. The lowest BCUT2D eigenvalue weighted by Crippen LogP contribution is -2.46. The molecule has 0 saturated carbocycles. The quantitative estimate of drug-likeness (QED) is 0.689. The third kappa shape index (κ3) is 4.86. The maximum absolute atomic E-state index is 5.48. The fourth-order valence-electron chi connectivity index (χ4n) is 3.37. The van der Waals surface area contributed by atoms with Crippen molar-refractivity contribution < 1.29 is 4.42 Å². The molecule has 1 saturated heterocycles. The number of nitrogens with zero attached hydrogens (tertiary/aromatic N) is 5. The Hall–Kier alpha value is -3.06. The minimum atomic E-state index is 0.767. The van der Waals surface area contributed by atoms with E-state index in [2.05, 4.69) is 46.3 Å². The van der Waals surface area contributed by atoms with Crippen molar-refractivity contribution in [2.45, 2.75) is 13.5 Å². The van der Waals surface area contributed by atoms with Crippen LogP contribution in [0, 0.1) is 6.92 Å². The zero-order chi connectivity index (χ0) is 20.2. The van der Waals surface area contributed by atoms with E-state index in [9.17, 15) is 0 Å². The Morgan fingerprint density at radius 2 is 1.79 bits per heavy atom. The van der Waals surface area contributed by atoms with Gasteiger partial charge in [-0.15, -0.1) is 0 Å².